The summed E-state index contributed by atoms with van der Waals surface area (Å²) >= 11 is 0. The van der Waals surface area contributed by atoms with Gasteiger partial charge in [-0.15, -0.1) is 0 Å². The van der Waals surface area contributed by atoms with Crippen LogP contribution in [0, 0.1) is 0 Å². The Kier molecular flexibility index (Phi) is 31.4. The maximum Gasteiger partial charge on any atom is 0.165 e. The lowest BCUT2D eigenvalue weighted by Crippen LogP contribution is -2.32. The van der Waals surface area contributed by atoms with E-state index in [0.717, 1.165) is 25.7 Å². The Labute approximate surface area is 241 Å². The third-order valence-corrected chi connectivity index (χ3v) is 8.50. The zero-order valence-corrected chi connectivity index (χ0v) is 27.0. The van der Waals surface area contributed by atoms with E-state index in [-0.39, 0.29) is 0 Å². The van der Waals surface area contributed by atoms with Gasteiger partial charge in [-0.3, -0.25) is 0 Å². The second kappa shape index (κ2) is 31.4. The highest BCUT2D eigenvalue weighted by molar-refractivity contribution is 4.68. The van der Waals surface area contributed by atoms with Crippen LogP contribution in [-0.4, -0.2) is 17.5 Å². The van der Waals surface area contributed by atoms with E-state index in [9.17, 15) is 5.11 Å². The fraction of sp³-hybridized carbons (Fsp3) is 1.00. The third-order valence-electron chi connectivity index (χ3n) is 8.50. The van der Waals surface area contributed by atoms with E-state index in [1.807, 2.05) is 6.92 Å². The quantitative estimate of drug-likeness (QED) is 0.0665. The van der Waals surface area contributed by atoms with Crippen LogP contribution in [0.3, 0.4) is 0 Å². The van der Waals surface area contributed by atoms with E-state index in [2.05, 4.69) is 13.8 Å². The lowest BCUT2D eigenvalue weighted by molar-refractivity contribution is -0.210. The van der Waals surface area contributed by atoms with E-state index < -0.39 is 5.79 Å². The number of hydrogen-bond donors (Lipinski definition) is 1. The second-order valence-electron chi connectivity index (χ2n) is 12.4. The minimum absolute atomic E-state index is 0.619. The minimum Gasteiger partial charge on any atom is -0.365 e. The van der Waals surface area contributed by atoms with Crippen LogP contribution in [0.4, 0.5) is 0 Å². The lowest BCUT2D eigenvalue weighted by atomic mass is 9.98. The average molecular weight is 539 g/mol. The minimum atomic E-state index is -0.873. The van der Waals surface area contributed by atoms with Crippen molar-refractivity contribution in [2.75, 3.05) is 6.61 Å². The van der Waals surface area contributed by atoms with Crippen molar-refractivity contribution in [2.24, 2.45) is 0 Å². The van der Waals surface area contributed by atoms with Crippen LogP contribution in [0.15, 0.2) is 0 Å². The van der Waals surface area contributed by atoms with Gasteiger partial charge in [-0.25, -0.2) is 0 Å². The summed E-state index contributed by atoms with van der Waals surface area (Å²) in [5.41, 5.74) is 0. The molecule has 38 heavy (non-hydrogen) atoms. The molecular weight excluding hydrogens is 464 g/mol. The fourth-order valence-corrected chi connectivity index (χ4v) is 5.91. The van der Waals surface area contributed by atoms with Gasteiger partial charge >= 0.3 is 0 Å². The van der Waals surface area contributed by atoms with Gasteiger partial charge in [0, 0.05) is 19.4 Å². The van der Waals surface area contributed by atoms with Gasteiger partial charge in [0.05, 0.1) is 0 Å². The Hall–Kier alpha value is -0.0800. The largest absolute Gasteiger partial charge is 0.365 e. The summed E-state index contributed by atoms with van der Waals surface area (Å²) in [7, 11) is 0. The monoisotopic (exact) mass is 539 g/mol. The van der Waals surface area contributed by atoms with Gasteiger partial charge < -0.3 is 9.84 Å². The van der Waals surface area contributed by atoms with E-state index in [1.165, 1.54) is 173 Å². The van der Waals surface area contributed by atoms with Crippen molar-refractivity contribution in [3.8, 4) is 0 Å². The van der Waals surface area contributed by atoms with Crippen LogP contribution in [0.5, 0.6) is 0 Å². The highest BCUT2D eigenvalue weighted by Gasteiger charge is 2.25. The van der Waals surface area contributed by atoms with Crippen LogP contribution in [0.2, 0.25) is 0 Å². The molecule has 0 bridgehead atoms. The summed E-state index contributed by atoms with van der Waals surface area (Å²) in [6, 6.07) is 0. The van der Waals surface area contributed by atoms with Gasteiger partial charge in [0.2, 0.25) is 0 Å². The predicted octanol–water partition coefficient (Wildman–Crippen LogP) is 12.8. The van der Waals surface area contributed by atoms with Crippen molar-refractivity contribution in [3.63, 3.8) is 0 Å². The normalized spacial score (nSPS) is 13.3. The Morgan fingerprint density at radius 3 is 0.763 bits per heavy atom. The van der Waals surface area contributed by atoms with Crippen molar-refractivity contribution in [1.82, 2.24) is 0 Å². The molecule has 2 heteroatoms. The summed E-state index contributed by atoms with van der Waals surface area (Å²) < 4.78 is 5.82. The van der Waals surface area contributed by atoms with E-state index in [4.69, 9.17) is 4.74 Å². The third kappa shape index (κ3) is 28.9. The first-order valence-corrected chi connectivity index (χ1v) is 18.0. The summed E-state index contributed by atoms with van der Waals surface area (Å²) in [6.07, 6.45) is 41.6. The first-order valence-electron chi connectivity index (χ1n) is 18.0. The van der Waals surface area contributed by atoms with Gasteiger partial charge in [-0.05, 0) is 19.8 Å². The Bertz CT molecular complexity index is 424. The Balaban J connectivity index is 3.51. The second-order valence-corrected chi connectivity index (χ2v) is 12.4. The predicted molar refractivity (Wildman–Crippen MR) is 171 cm³/mol. The molecule has 0 amide bonds. The van der Waals surface area contributed by atoms with Gasteiger partial charge in [0.1, 0.15) is 0 Å². The molecule has 1 unspecified atom stereocenters. The van der Waals surface area contributed by atoms with Crippen molar-refractivity contribution in [2.45, 2.75) is 226 Å². The molecule has 0 saturated heterocycles. The molecule has 1 atom stereocenters. The van der Waals surface area contributed by atoms with Gasteiger partial charge in [0.15, 0.2) is 5.79 Å². The SMILES string of the molecule is CCCCCCCCCCCCCCCCCC(O)(CCCCCCCCCCCCCCCC)OCC. The molecule has 1 N–H and O–H groups in total. The molecule has 0 aliphatic heterocycles. The van der Waals surface area contributed by atoms with E-state index in [0.29, 0.717) is 6.61 Å². The Morgan fingerprint density at radius 1 is 0.342 bits per heavy atom. The molecule has 0 spiro atoms. The summed E-state index contributed by atoms with van der Waals surface area (Å²) in [5.74, 6) is -0.873. The number of unbranched alkanes of at least 4 members (excludes halogenated alkanes) is 27. The average Bonchev–Trinajstić information content (AvgIpc) is 2.91. The lowest BCUT2D eigenvalue weighted by Gasteiger charge is -2.28. The van der Waals surface area contributed by atoms with Crippen LogP contribution < -0.4 is 0 Å². The molecule has 0 heterocycles. The molecule has 230 valence electrons. The Morgan fingerprint density at radius 2 is 0.553 bits per heavy atom. The standard InChI is InChI=1S/C36H74O2/c1-4-7-9-11-13-15-17-19-21-23-25-27-29-31-33-35-36(37,38-6-3)34-32-30-28-26-24-22-20-18-16-14-12-10-8-5-2/h37H,4-35H2,1-3H3. The first kappa shape index (κ1) is 37.9. The summed E-state index contributed by atoms with van der Waals surface area (Å²) in [4.78, 5) is 0. The number of aliphatic hydroxyl groups is 1. The summed E-state index contributed by atoms with van der Waals surface area (Å²) in [6.45, 7) is 7.22. The van der Waals surface area contributed by atoms with Crippen molar-refractivity contribution in [3.05, 3.63) is 0 Å². The fourth-order valence-electron chi connectivity index (χ4n) is 5.91. The zero-order chi connectivity index (χ0) is 27.8. The van der Waals surface area contributed by atoms with Crippen LogP contribution in [-0.2, 0) is 4.74 Å². The van der Waals surface area contributed by atoms with Crippen molar-refractivity contribution < 1.29 is 9.84 Å². The van der Waals surface area contributed by atoms with Crippen LogP contribution in [0.1, 0.15) is 220 Å². The molecule has 0 aliphatic rings. The molecule has 0 rings (SSSR count). The van der Waals surface area contributed by atoms with Gasteiger partial charge in [-0.1, -0.05) is 187 Å². The van der Waals surface area contributed by atoms with E-state index >= 15 is 0 Å². The molecule has 2 nitrogen and oxygen atoms in total. The van der Waals surface area contributed by atoms with Gasteiger partial charge in [-0.2, -0.15) is 0 Å². The van der Waals surface area contributed by atoms with Crippen LogP contribution in [0.25, 0.3) is 0 Å². The smallest absolute Gasteiger partial charge is 0.165 e. The maximum absolute atomic E-state index is 11.0. The van der Waals surface area contributed by atoms with Gasteiger partial charge in [0.25, 0.3) is 0 Å². The maximum atomic E-state index is 11.0. The van der Waals surface area contributed by atoms with Crippen molar-refractivity contribution in [1.29, 1.82) is 0 Å². The molecule has 0 aliphatic carbocycles. The molecular formula is C36H74O2. The molecule has 0 aromatic heterocycles. The van der Waals surface area contributed by atoms with E-state index in [1.54, 1.807) is 0 Å². The first-order chi connectivity index (χ1) is 18.7. The van der Waals surface area contributed by atoms with Crippen LogP contribution >= 0.6 is 0 Å². The number of hydrogen-bond acceptors (Lipinski definition) is 2. The molecule has 0 radical (unpaired) electrons. The highest BCUT2D eigenvalue weighted by Crippen LogP contribution is 2.25. The molecule has 0 fully saturated rings. The molecule has 0 saturated carbocycles. The highest BCUT2D eigenvalue weighted by atomic mass is 16.6. The molecule has 0 aromatic carbocycles. The van der Waals surface area contributed by atoms with Crippen molar-refractivity contribution >= 4 is 0 Å². The number of ether oxygens (including phenoxy) is 1. The summed E-state index contributed by atoms with van der Waals surface area (Å²) in [5, 5.41) is 11.0. The number of rotatable bonds is 33. The zero-order valence-electron chi connectivity index (χ0n) is 27.0. The molecule has 0 aromatic rings. The topological polar surface area (TPSA) is 29.5 Å².